The van der Waals surface area contributed by atoms with Crippen molar-refractivity contribution in [3.8, 4) is 5.75 Å². The van der Waals surface area contributed by atoms with Crippen LogP contribution in [0.15, 0.2) is 12.1 Å². The minimum Gasteiger partial charge on any atom is -0.496 e. The molecule has 2 N–H and O–H groups in total. The van der Waals surface area contributed by atoms with Crippen molar-refractivity contribution in [2.24, 2.45) is 5.41 Å². The van der Waals surface area contributed by atoms with E-state index in [1.165, 1.54) is 0 Å². The average molecular weight is 251 g/mol. The lowest BCUT2D eigenvalue weighted by Gasteiger charge is -2.40. The molecule has 0 atom stereocenters. The number of hydrogen-bond donors (Lipinski definition) is 2. The van der Waals surface area contributed by atoms with E-state index in [0.717, 1.165) is 29.1 Å². The van der Waals surface area contributed by atoms with Gasteiger partial charge in [-0.15, -0.1) is 0 Å². The number of hydrogen-bond acceptors (Lipinski definition) is 4. The molecular weight excluding hydrogens is 230 g/mol. The van der Waals surface area contributed by atoms with Crippen LogP contribution in [0.5, 0.6) is 5.75 Å². The van der Waals surface area contributed by atoms with Gasteiger partial charge in [-0.1, -0.05) is 0 Å². The van der Waals surface area contributed by atoms with Gasteiger partial charge in [-0.3, -0.25) is 0 Å². The number of nitrogens with one attached hydrogen (secondary N) is 1. The van der Waals surface area contributed by atoms with E-state index >= 15 is 0 Å². The summed E-state index contributed by atoms with van der Waals surface area (Å²) in [5, 5.41) is 12.7. The predicted octanol–water partition coefficient (Wildman–Crippen LogP) is 1.73. The van der Waals surface area contributed by atoms with Crippen molar-refractivity contribution in [2.45, 2.75) is 13.8 Å². The SMILES string of the molecule is COc1c(C)cc(NCC2(CO)COC2)cc1C. The minimum absolute atomic E-state index is 0.109. The number of aliphatic hydroxyl groups is 1. The predicted molar refractivity (Wildman–Crippen MR) is 71.3 cm³/mol. The summed E-state index contributed by atoms with van der Waals surface area (Å²) in [6.45, 7) is 6.22. The zero-order valence-corrected chi connectivity index (χ0v) is 11.2. The molecule has 4 heteroatoms. The first-order valence-electron chi connectivity index (χ1n) is 6.18. The Morgan fingerprint density at radius 1 is 1.33 bits per heavy atom. The Labute approximate surface area is 108 Å². The lowest BCUT2D eigenvalue weighted by molar-refractivity contribution is -0.128. The molecule has 100 valence electrons. The first-order chi connectivity index (χ1) is 8.60. The molecule has 0 saturated carbocycles. The number of ether oxygens (including phenoxy) is 2. The number of methoxy groups -OCH3 is 1. The van der Waals surface area contributed by atoms with Gasteiger partial charge in [-0.05, 0) is 37.1 Å². The molecule has 1 aromatic rings. The molecule has 2 rings (SSSR count). The summed E-state index contributed by atoms with van der Waals surface area (Å²) < 4.78 is 10.5. The molecule has 0 aliphatic carbocycles. The smallest absolute Gasteiger partial charge is 0.124 e. The van der Waals surface area contributed by atoms with Crippen molar-refractivity contribution in [3.63, 3.8) is 0 Å². The largest absolute Gasteiger partial charge is 0.496 e. The second-order valence-electron chi connectivity index (χ2n) is 5.15. The van der Waals surface area contributed by atoms with E-state index in [-0.39, 0.29) is 12.0 Å². The third-order valence-electron chi connectivity index (χ3n) is 3.48. The topological polar surface area (TPSA) is 50.7 Å². The van der Waals surface area contributed by atoms with Gasteiger partial charge in [0, 0.05) is 12.2 Å². The summed E-state index contributed by atoms with van der Waals surface area (Å²) in [5.41, 5.74) is 3.18. The minimum atomic E-state index is -0.109. The van der Waals surface area contributed by atoms with Crippen LogP contribution in [-0.2, 0) is 4.74 Å². The van der Waals surface area contributed by atoms with Gasteiger partial charge >= 0.3 is 0 Å². The first kappa shape index (κ1) is 13.2. The number of rotatable bonds is 5. The second-order valence-corrected chi connectivity index (χ2v) is 5.15. The van der Waals surface area contributed by atoms with E-state index in [1.54, 1.807) is 7.11 Å². The van der Waals surface area contributed by atoms with Crippen LogP contribution in [0.2, 0.25) is 0 Å². The van der Waals surface area contributed by atoms with Crippen molar-refractivity contribution in [1.82, 2.24) is 0 Å². The molecule has 1 aliphatic rings. The van der Waals surface area contributed by atoms with Crippen molar-refractivity contribution in [1.29, 1.82) is 0 Å². The van der Waals surface area contributed by atoms with Crippen LogP contribution in [0.4, 0.5) is 5.69 Å². The molecule has 0 unspecified atom stereocenters. The first-order valence-corrected chi connectivity index (χ1v) is 6.18. The van der Waals surface area contributed by atoms with Gasteiger partial charge in [-0.25, -0.2) is 0 Å². The summed E-state index contributed by atoms with van der Waals surface area (Å²) in [6, 6.07) is 4.13. The Hall–Kier alpha value is -1.26. The molecule has 1 saturated heterocycles. The molecule has 0 aromatic heterocycles. The highest BCUT2D eigenvalue weighted by molar-refractivity contribution is 5.55. The summed E-state index contributed by atoms with van der Waals surface area (Å²) in [4.78, 5) is 0. The number of aliphatic hydroxyl groups excluding tert-OH is 1. The molecule has 1 aliphatic heterocycles. The fourth-order valence-corrected chi connectivity index (χ4v) is 2.30. The Morgan fingerprint density at radius 3 is 2.33 bits per heavy atom. The Morgan fingerprint density at radius 2 is 1.94 bits per heavy atom. The Balaban J connectivity index is 2.06. The van der Waals surface area contributed by atoms with Gasteiger partial charge in [0.1, 0.15) is 5.75 Å². The summed E-state index contributed by atoms with van der Waals surface area (Å²) in [5.74, 6) is 0.935. The van der Waals surface area contributed by atoms with E-state index in [9.17, 15) is 5.11 Å². The molecule has 0 bridgehead atoms. The lowest BCUT2D eigenvalue weighted by Crippen LogP contribution is -2.50. The standard InChI is InChI=1S/C14H21NO3/c1-10-4-12(5-11(2)13(10)17-3)15-6-14(7-16)8-18-9-14/h4-5,15-16H,6-9H2,1-3H3. The fraction of sp³-hybridized carbons (Fsp3) is 0.571. The summed E-state index contributed by atoms with van der Waals surface area (Å²) in [7, 11) is 1.69. The van der Waals surface area contributed by atoms with E-state index in [4.69, 9.17) is 9.47 Å². The number of anilines is 1. The third-order valence-corrected chi connectivity index (χ3v) is 3.48. The quantitative estimate of drug-likeness (QED) is 0.837. The average Bonchev–Trinajstić information content (AvgIpc) is 2.28. The highest BCUT2D eigenvalue weighted by Crippen LogP contribution is 2.30. The van der Waals surface area contributed by atoms with E-state index in [1.807, 2.05) is 13.8 Å². The summed E-state index contributed by atoms with van der Waals surface area (Å²) >= 11 is 0. The molecule has 1 fully saturated rings. The van der Waals surface area contributed by atoms with Gasteiger partial charge < -0.3 is 19.9 Å². The molecule has 1 heterocycles. The van der Waals surface area contributed by atoms with Gasteiger partial charge in [0.25, 0.3) is 0 Å². The van der Waals surface area contributed by atoms with E-state index in [2.05, 4.69) is 17.4 Å². The summed E-state index contributed by atoms with van der Waals surface area (Å²) in [6.07, 6.45) is 0. The van der Waals surface area contributed by atoms with Crippen molar-refractivity contribution >= 4 is 5.69 Å². The van der Waals surface area contributed by atoms with Crippen LogP contribution < -0.4 is 10.1 Å². The molecule has 0 amide bonds. The molecule has 4 nitrogen and oxygen atoms in total. The van der Waals surface area contributed by atoms with Crippen LogP contribution >= 0.6 is 0 Å². The second kappa shape index (κ2) is 5.16. The third kappa shape index (κ3) is 2.44. The highest BCUT2D eigenvalue weighted by Gasteiger charge is 2.37. The maximum Gasteiger partial charge on any atom is 0.124 e. The van der Waals surface area contributed by atoms with Crippen LogP contribution in [0, 0.1) is 19.3 Å². The highest BCUT2D eigenvalue weighted by atomic mass is 16.5. The molecule has 0 spiro atoms. The zero-order valence-electron chi connectivity index (χ0n) is 11.2. The van der Waals surface area contributed by atoms with Gasteiger partial charge in [0.2, 0.25) is 0 Å². The normalized spacial score (nSPS) is 17.1. The number of benzene rings is 1. The van der Waals surface area contributed by atoms with Crippen LogP contribution in [0.1, 0.15) is 11.1 Å². The van der Waals surface area contributed by atoms with Crippen LogP contribution in [0.25, 0.3) is 0 Å². The molecule has 1 aromatic carbocycles. The van der Waals surface area contributed by atoms with Gasteiger partial charge in [0.05, 0.1) is 32.3 Å². The van der Waals surface area contributed by atoms with E-state index < -0.39 is 0 Å². The maximum atomic E-state index is 9.37. The zero-order chi connectivity index (χ0) is 13.2. The Bertz CT molecular complexity index is 399. The van der Waals surface area contributed by atoms with Gasteiger partial charge in [-0.2, -0.15) is 0 Å². The maximum absolute atomic E-state index is 9.37. The van der Waals surface area contributed by atoms with E-state index in [0.29, 0.717) is 13.2 Å². The monoisotopic (exact) mass is 251 g/mol. The fourth-order valence-electron chi connectivity index (χ4n) is 2.30. The van der Waals surface area contributed by atoms with Crippen LogP contribution in [0.3, 0.4) is 0 Å². The van der Waals surface area contributed by atoms with Crippen molar-refractivity contribution in [3.05, 3.63) is 23.3 Å². The van der Waals surface area contributed by atoms with Crippen molar-refractivity contribution < 1.29 is 14.6 Å². The van der Waals surface area contributed by atoms with Crippen molar-refractivity contribution in [2.75, 3.05) is 38.8 Å². The molecule has 18 heavy (non-hydrogen) atoms. The van der Waals surface area contributed by atoms with Gasteiger partial charge in [0.15, 0.2) is 0 Å². The number of aryl methyl sites for hydroxylation is 2. The molecule has 0 radical (unpaired) electrons. The lowest BCUT2D eigenvalue weighted by atomic mass is 9.87. The molecular formula is C14H21NO3. The Kier molecular flexibility index (Phi) is 3.78. The van der Waals surface area contributed by atoms with Crippen LogP contribution in [-0.4, -0.2) is 38.6 Å².